The van der Waals surface area contributed by atoms with Crippen LogP contribution in [-0.4, -0.2) is 12.5 Å². The van der Waals surface area contributed by atoms with Gasteiger partial charge < -0.3 is 15.8 Å². The van der Waals surface area contributed by atoms with Crippen molar-refractivity contribution >= 4 is 17.3 Å². The molecular formula is C23H24N2O2. The monoisotopic (exact) mass is 360 g/mol. The standard InChI is InChI=1S/C23H24N2O2/c24-20-12-9-19(10-13-20)11-14-23(26)25-21-7-4-8-22(17-21)27-16-15-18-5-2-1-3-6-18/h1-10,12-13,17H,11,14-16,24H2,(H,25,26). The van der Waals surface area contributed by atoms with E-state index in [4.69, 9.17) is 10.5 Å². The van der Waals surface area contributed by atoms with Gasteiger partial charge in [-0.2, -0.15) is 0 Å². The van der Waals surface area contributed by atoms with E-state index in [-0.39, 0.29) is 5.91 Å². The van der Waals surface area contributed by atoms with Crippen LogP contribution in [0.15, 0.2) is 78.9 Å². The third-order valence-electron chi connectivity index (χ3n) is 4.24. The summed E-state index contributed by atoms with van der Waals surface area (Å²) in [7, 11) is 0. The molecule has 0 unspecified atom stereocenters. The second-order valence-electron chi connectivity index (χ2n) is 6.40. The summed E-state index contributed by atoms with van der Waals surface area (Å²) in [6.07, 6.45) is 1.95. The highest BCUT2D eigenvalue weighted by Gasteiger charge is 2.05. The molecule has 1 amide bonds. The quantitative estimate of drug-likeness (QED) is 0.583. The van der Waals surface area contributed by atoms with E-state index >= 15 is 0 Å². The first-order valence-corrected chi connectivity index (χ1v) is 9.10. The van der Waals surface area contributed by atoms with E-state index in [1.54, 1.807) is 0 Å². The molecule has 0 aromatic heterocycles. The lowest BCUT2D eigenvalue weighted by atomic mass is 10.1. The fourth-order valence-electron chi connectivity index (χ4n) is 2.76. The fraction of sp³-hybridized carbons (Fsp3) is 0.174. The van der Waals surface area contributed by atoms with Crippen molar-refractivity contribution in [2.75, 3.05) is 17.7 Å². The molecule has 0 saturated heterocycles. The minimum Gasteiger partial charge on any atom is -0.493 e. The Bertz CT molecular complexity index is 861. The van der Waals surface area contributed by atoms with Crippen LogP contribution in [0.4, 0.5) is 11.4 Å². The Kier molecular flexibility index (Phi) is 6.47. The minimum absolute atomic E-state index is 0.0201. The van der Waals surface area contributed by atoms with Gasteiger partial charge in [-0.15, -0.1) is 0 Å². The highest BCUT2D eigenvalue weighted by atomic mass is 16.5. The smallest absolute Gasteiger partial charge is 0.224 e. The lowest BCUT2D eigenvalue weighted by molar-refractivity contribution is -0.116. The molecule has 4 nitrogen and oxygen atoms in total. The van der Waals surface area contributed by atoms with Crippen LogP contribution in [0.25, 0.3) is 0 Å². The maximum Gasteiger partial charge on any atom is 0.224 e. The van der Waals surface area contributed by atoms with Crippen molar-refractivity contribution < 1.29 is 9.53 Å². The average molecular weight is 360 g/mol. The molecule has 0 fully saturated rings. The van der Waals surface area contributed by atoms with Gasteiger partial charge in [0.25, 0.3) is 0 Å². The summed E-state index contributed by atoms with van der Waals surface area (Å²) in [6, 6.07) is 25.3. The minimum atomic E-state index is -0.0201. The van der Waals surface area contributed by atoms with E-state index in [2.05, 4.69) is 17.4 Å². The Morgan fingerprint density at radius 2 is 1.59 bits per heavy atom. The summed E-state index contributed by atoms with van der Waals surface area (Å²) in [5.74, 6) is 0.732. The van der Waals surface area contributed by atoms with Crippen LogP contribution >= 0.6 is 0 Å². The molecule has 3 aromatic carbocycles. The Morgan fingerprint density at radius 3 is 2.37 bits per heavy atom. The third-order valence-corrected chi connectivity index (χ3v) is 4.24. The number of carbonyl (C=O) groups is 1. The van der Waals surface area contributed by atoms with Crippen LogP contribution in [0, 0.1) is 0 Å². The third kappa shape index (κ3) is 6.19. The van der Waals surface area contributed by atoms with Crippen molar-refractivity contribution in [3.8, 4) is 5.75 Å². The number of ether oxygens (including phenoxy) is 1. The molecule has 27 heavy (non-hydrogen) atoms. The second kappa shape index (κ2) is 9.43. The van der Waals surface area contributed by atoms with Crippen LogP contribution in [0.1, 0.15) is 17.5 Å². The molecule has 138 valence electrons. The van der Waals surface area contributed by atoms with E-state index < -0.39 is 0 Å². The number of nitrogen functional groups attached to an aromatic ring is 1. The van der Waals surface area contributed by atoms with Crippen molar-refractivity contribution in [2.24, 2.45) is 0 Å². The molecule has 3 N–H and O–H groups in total. The van der Waals surface area contributed by atoms with Crippen molar-refractivity contribution in [1.82, 2.24) is 0 Å². The molecular weight excluding hydrogens is 336 g/mol. The molecule has 4 heteroatoms. The summed E-state index contributed by atoms with van der Waals surface area (Å²) in [6.45, 7) is 0.596. The molecule has 3 aromatic rings. The van der Waals surface area contributed by atoms with Gasteiger partial charge in [-0.1, -0.05) is 48.5 Å². The molecule has 0 saturated carbocycles. The summed E-state index contributed by atoms with van der Waals surface area (Å²) < 4.78 is 5.81. The van der Waals surface area contributed by atoms with Gasteiger partial charge in [-0.3, -0.25) is 4.79 Å². The zero-order valence-electron chi connectivity index (χ0n) is 15.2. The topological polar surface area (TPSA) is 64.4 Å². The fourth-order valence-corrected chi connectivity index (χ4v) is 2.76. The number of amides is 1. The molecule has 0 atom stereocenters. The summed E-state index contributed by atoms with van der Waals surface area (Å²) in [5, 5.41) is 2.93. The van der Waals surface area contributed by atoms with Crippen molar-refractivity contribution in [2.45, 2.75) is 19.3 Å². The second-order valence-corrected chi connectivity index (χ2v) is 6.40. The van der Waals surface area contributed by atoms with Gasteiger partial charge in [0.2, 0.25) is 5.91 Å². The van der Waals surface area contributed by atoms with E-state index in [1.165, 1.54) is 5.56 Å². The number of hydrogen-bond acceptors (Lipinski definition) is 3. The van der Waals surface area contributed by atoms with Gasteiger partial charge in [0.05, 0.1) is 6.61 Å². The number of nitrogens with two attached hydrogens (primary N) is 1. The normalized spacial score (nSPS) is 10.4. The predicted molar refractivity (Wildman–Crippen MR) is 110 cm³/mol. The highest BCUT2D eigenvalue weighted by molar-refractivity contribution is 5.91. The van der Waals surface area contributed by atoms with Crippen molar-refractivity contribution in [3.63, 3.8) is 0 Å². The predicted octanol–water partition coefficient (Wildman–Crippen LogP) is 4.46. The lowest BCUT2D eigenvalue weighted by Crippen LogP contribution is -2.12. The van der Waals surface area contributed by atoms with Gasteiger partial charge in [0.15, 0.2) is 0 Å². The van der Waals surface area contributed by atoms with Gasteiger partial charge in [0.1, 0.15) is 5.75 Å². The molecule has 0 bridgehead atoms. The number of hydrogen-bond donors (Lipinski definition) is 2. The first-order valence-electron chi connectivity index (χ1n) is 9.10. The Morgan fingerprint density at radius 1 is 0.852 bits per heavy atom. The number of anilines is 2. The number of carbonyl (C=O) groups excluding carboxylic acids is 1. The first kappa shape index (κ1) is 18.5. The summed E-state index contributed by atoms with van der Waals surface area (Å²) in [4.78, 5) is 12.2. The molecule has 3 rings (SSSR count). The van der Waals surface area contributed by atoms with Crippen molar-refractivity contribution in [3.05, 3.63) is 90.0 Å². The number of aryl methyl sites for hydroxylation is 1. The van der Waals surface area contributed by atoms with Gasteiger partial charge in [-0.05, 0) is 41.8 Å². The number of rotatable bonds is 8. The molecule has 0 aliphatic heterocycles. The van der Waals surface area contributed by atoms with Gasteiger partial charge in [0, 0.05) is 30.3 Å². The van der Waals surface area contributed by atoms with Crippen LogP contribution in [0.5, 0.6) is 5.75 Å². The van der Waals surface area contributed by atoms with E-state index in [9.17, 15) is 4.79 Å². The summed E-state index contributed by atoms with van der Waals surface area (Å²) in [5.41, 5.74) is 9.48. The Labute approximate surface area is 160 Å². The van der Waals surface area contributed by atoms with E-state index in [1.807, 2.05) is 66.7 Å². The highest BCUT2D eigenvalue weighted by Crippen LogP contribution is 2.18. The summed E-state index contributed by atoms with van der Waals surface area (Å²) >= 11 is 0. The zero-order valence-corrected chi connectivity index (χ0v) is 15.2. The van der Waals surface area contributed by atoms with Crippen LogP contribution in [0.3, 0.4) is 0 Å². The van der Waals surface area contributed by atoms with Crippen LogP contribution in [-0.2, 0) is 17.6 Å². The SMILES string of the molecule is Nc1ccc(CCC(=O)Nc2cccc(OCCc3ccccc3)c2)cc1. The Balaban J connectivity index is 1.46. The zero-order chi connectivity index (χ0) is 18.9. The molecule has 0 aliphatic carbocycles. The average Bonchev–Trinajstić information content (AvgIpc) is 2.69. The van der Waals surface area contributed by atoms with Crippen LogP contribution in [0.2, 0.25) is 0 Å². The number of nitrogens with one attached hydrogen (secondary N) is 1. The molecule has 0 aliphatic rings. The maximum absolute atomic E-state index is 12.2. The van der Waals surface area contributed by atoms with E-state index in [0.717, 1.165) is 29.1 Å². The maximum atomic E-state index is 12.2. The van der Waals surface area contributed by atoms with Crippen molar-refractivity contribution in [1.29, 1.82) is 0 Å². The molecule has 0 heterocycles. The first-order chi connectivity index (χ1) is 13.2. The van der Waals surface area contributed by atoms with Gasteiger partial charge in [-0.25, -0.2) is 0 Å². The van der Waals surface area contributed by atoms with Gasteiger partial charge >= 0.3 is 0 Å². The number of benzene rings is 3. The Hall–Kier alpha value is -3.27. The lowest BCUT2D eigenvalue weighted by Gasteiger charge is -2.09. The molecule has 0 radical (unpaired) electrons. The van der Waals surface area contributed by atoms with E-state index in [0.29, 0.717) is 19.4 Å². The largest absolute Gasteiger partial charge is 0.493 e. The molecule has 0 spiro atoms. The van der Waals surface area contributed by atoms with Crippen LogP contribution < -0.4 is 15.8 Å².